The Morgan fingerprint density at radius 2 is 1.32 bits per heavy atom. The topological polar surface area (TPSA) is 0 Å². The molecule has 2 aromatic carbocycles. The second kappa shape index (κ2) is 10.0. The summed E-state index contributed by atoms with van der Waals surface area (Å²) in [5.74, 6) is 0. The maximum atomic E-state index is 3.94. The molecule has 0 radical (unpaired) electrons. The van der Waals surface area contributed by atoms with Crippen molar-refractivity contribution < 1.29 is 0 Å². The normalized spacial score (nSPS) is 14.2. The number of allylic oxidation sites excluding steroid dienone is 2. The van der Waals surface area contributed by atoms with Crippen LogP contribution in [0.25, 0.3) is 11.1 Å². The van der Waals surface area contributed by atoms with Crippen LogP contribution in [0.3, 0.4) is 0 Å². The van der Waals surface area contributed by atoms with E-state index in [2.05, 4.69) is 89.4 Å². The van der Waals surface area contributed by atoms with E-state index in [4.69, 9.17) is 0 Å². The largest absolute Gasteiger partial charge is 0.103 e. The molecule has 0 saturated heterocycles. The lowest BCUT2D eigenvalue weighted by Gasteiger charge is -2.34. The van der Waals surface area contributed by atoms with Crippen LogP contribution >= 0.6 is 0 Å². The van der Waals surface area contributed by atoms with Crippen molar-refractivity contribution in [3.63, 3.8) is 0 Å². The van der Waals surface area contributed by atoms with Gasteiger partial charge in [0.25, 0.3) is 0 Å². The molecule has 0 aromatic heterocycles. The lowest BCUT2D eigenvalue weighted by Crippen LogP contribution is -2.26. The molecule has 31 heavy (non-hydrogen) atoms. The Bertz CT molecular complexity index is 890. The predicted molar refractivity (Wildman–Crippen MR) is 138 cm³/mol. The van der Waals surface area contributed by atoms with E-state index in [9.17, 15) is 0 Å². The third kappa shape index (κ3) is 4.89. The Morgan fingerprint density at radius 1 is 0.774 bits per heavy atom. The van der Waals surface area contributed by atoms with Gasteiger partial charge in [-0.2, -0.15) is 0 Å². The van der Waals surface area contributed by atoms with Crippen LogP contribution in [0.2, 0.25) is 0 Å². The molecule has 0 bridgehead atoms. The first-order chi connectivity index (χ1) is 14.9. The zero-order valence-electron chi connectivity index (χ0n) is 20.4. The van der Waals surface area contributed by atoms with E-state index in [0.717, 1.165) is 19.3 Å². The smallest absolute Gasteiger partial charge is 0.0215 e. The molecule has 0 unspecified atom stereocenters. The van der Waals surface area contributed by atoms with Gasteiger partial charge in [0.1, 0.15) is 0 Å². The Balaban J connectivity index is 2.14. The molecule has 2 aromatic rings. The third-order valence-electron chi connectivity index (χ3n) is 7.22. The summed E-state index contributed by atoms with van der Waals surface area (Å²) in [6.45, 7) is 17.2. The lowest BCUT2D eigenvalue weighted by atomic mass is 9.69. The maximum absolute atomic E-state index is 3.94. The fourth-order valence-electron chi connectivity index (χ4n) is 5.32. The Hall–Kier alpha value is -2.08. The van der Waals surface area contributed by atoms with Gasteiger partial charge < -0.3 is 0 Å². The molecule has 0 amide bonds. The van der Waals surface area contributed by atoms with Crippen LogP contribution in [0.5, 0.6) is 0 Å². The minimum absolute atomic E-state index is 0.138. The van der Waals surface area contributed by atoms with Gasteiger partial charge in [-0.1, -0.05) is 89.1 Å². The first-order valence-electron chi connectivity index (χ1n) is 12.4. The van der Waals surface area contributed by atoms with E-state index in [1.54, 1.807) is 11.1 Å². The van der Waals surface area contributed by atoms with Crippen LogP contribution in [-0.2, 0) is 17.3 Å². The van der Waals surface area contributed by atoms with Gasteiger partial charge in [0.15, 0.2) is 0 Å². The van der Waals surface area contributed by atoms with E-state index in [0.29, 0.717) is 0 Å². The number of rotatable bonds is 11. The Kier molecular flexibility index (Phi) is 7.63. The van der Waals surface area contributed by atoms with Crippen molar-refractivity contribution in [2.75, 3.05) is 0 Å². The Morgan fingerprint density at radius 3 is 1.84 bits per heavy atom. The fraction of sp³-hybridized carbons (Fsp3) is 0.484. The molecule has 0 atom stereocenters. The minimum atomic E-state index is 0.138. The van der Waals surface area contributed by atoms with Gasteiger partial charge in [-0.05, 0) is 83.7 Å². The highest BCUT2D eigenvalue weighted by Gasteiger charge is 2.42. The average Bonchev–Trinajstić information content (AvgIpc) is 3.02. The van der Waals surface area contributed by atoms with E-state index < -0.39 is 0 Å². The van der Waals surface area contributed by atoms with Gasteiger partial charge in [0.2, 0.25) is 0 Å². The zero-order valence-corrected chi connectivity index (χ0v) is 20.4. The average molecular weight is 415 g/mol. The summed E-state index contributed by atoms with van der Waals surface area (Å²) in [5.41, 5.74) is 9.33. The highest BCUT2D eigenvalue weighted by Crippen LogP contribution is 2.55. The fourth-order valence-corrected chi connectivity index (χ4v) is 5.32. The van der Waals surface area contributed by atoms with Crippen molar-refractivity contribution in [3.8, 4) is 11.1 Å². The van der Waals surface area contributed by atoms with Crippen molar-refractivity contribution in [2.45, 2.75) is 96.3 Å². The number of aryl methyl sites for hydroxylation is 1. The van der Waals surface area contributed by atoms with Crippen molar-refractivity contribution in [3.05, 3.63) is 84.0 Å². The molecule has 0 fully saturated rings. The monoisotopic (exact) mass is 414 g/mol. The number of hydrogen-bond acceptors (Lipinski definition) is 0. The molecule has 0 aliphatic heterocycles. The van der Waals surface area contributed by atoms with E-state index in [1.807, 2.05) is 0 Å². The van der Waals surface area contributed by atoms with Gasteiger partial charge in [0, 0.05) is 5.41 Å². The summed E-state index contributed by atoms with van der Waals surface area (Å²) < 4.78 is 0. The van der Waals surface area contributed by atoms with Crippen LogP contribution in [0.15, 0.2) is 61.7 Å². The zero-order chi connectivity index (χ0) is 22.5. The number of fused-ring (bicyclic) bond motifs is 3. The first-order valence-corrected chi connectivity index (χ1v) is 12.4. The van der Waals surface area contributed by atoms with Crippen LogP contribution in [0.1, 0.15) is 101 Å². The van der Waals surface area contributed by atoms with Crippen molar-refractivity contribution in [2.24, 2.45) is 0 Å². The molecule has 0 spiro atoms. The number of hydrogen-bond donors (Lipinski definition) is 0. The minimum Gasteiger partial charge on any atom is -0.103 e. The molecule has 1 aliphatic carbocycles. The SMILES string of the molecule is C=CCCCCC1(CCCCC=C)c2cc(CC)ccc2-c2ccc(C(C)(C)C)cc21. The molecule has 0 N–H and O–H groups in total. The van der Waals surface area contributed by atoms with Crippen molar-refractivity contribution >= 4 is 0 Å². The summed E-state index contributed by atoms with van der Waals surface area (Å²) in [5, 5.41) is 0. The molecule has 166 valence electrons. The standard InChI is InChI=1S/C31H42/c1-7-10-12-14-20-31(21-15-13-11-8-2)28-22-24(9-3)16-18-26(28)27-19-17-25(23-29(27)31)30(4,5)6/h7-8,16-19,22-23H,1-2,9-15,20-21H2,3-6H3. The molecule has 0 nitrogen and oxygen atoms in total. The van der Waals surface area contributed by atoms with Gasteiger partial charge in [-0.3, -0.25) is 0 Å². The molecule has 1 aliphatic rings. The van der Waals surface area contributed by atoms with Crippen molar-refractivity contribution in [1.82, 2.24) is 0 Å². The number of unbranched alkanes of at least 4 members (excludes halogenated alkanes) is 4. The van der Waals surface area contributed by atoms with Gasteiger partial charge in [-0.15, -0.1) is 13.2 Å². The quantitative estimate of drug-likeness (QED) is 0.254. The Labute approximate surface area is 191 Å². The molecule has 0 saturated carbocycles. The lowest BCUT2D eigenvalue weighted by molar-refractivity contribution is 0.407. The summed E-state index contributed by atoms with van der Waals surface area (Å²) in [7, 11) is 0. The van der Waals surface area contributed by atoms with Gasteiger partial charge in [-0.25, -0.2) is 0 Å². The second-order valence-electron chi connectivity index (χ2n) is 10.4. The van der Waals surface area contributed by atoms with Crippen molar-refractivity contribution in [1.29, 1.82) is 0 Å². The maximum Gasteiger partial charge on any atom is 0.0215 e. The van der Waals surface area contributed by atoms with Crippen LogP contribution < -0.4 is 0 Å². The van der Waals surface area contributed by atoms with Crippen LogP contribution in [0, 0.1) is 0 Å². The van der Waals surface area contributed by atoms with E-state index in [1.165, 1.54) is 60.8 Å². The third-order valence-corrected chi connectivity index (χ3v) is 7.22. The molecule has 0 heteroatoms. The summed E-state index contributed by atoms with van der Waals surface area (Å²) in [6, 6.07) is 14.6. The summed E-state index contributed by atoms with van der Waals surface area (Å²) >= 11 is 0. The molecular weight excluding hydrogens is 372 g/mol. The molecule has 3 rings (SSSR count). The molecular formula is C31H42. The summed E-state index contributed by atoms with van der Waals surface area (Å²) in [6.07, 6.45) is 14.9. The van der Waals surface area contributed by atoms with E-state index in [-0.39, 0.29) is 10.8 Å². The van der Waals surface area contributed by atoms with Crippen LogP contribution in [0.4, 0.5) is 0 Å². The highest BCUT2D eigenvalue weighted by atomic mass is 14.5. The summed E-state index contributed by atoms with van der Waals surface area (Å²) in [4.78, 5) is 0. The predicted octanol–water partition coefficient (Wildman–Crippen LogP) is 9.31. The number of benzene rings is 2. The van der Waals surface area contributed by atoms with Gasteiger partial charge >= 0.3 is 0 Å². The highest BCUT2D eigenvalue weighted by molar-refractivity contribution is 5.82. The first kappa shape index (κ1) is 23.6. The van der Waals surface area contributed by atoms with Crippen LogP contribution in [-0.4, -0.2) is 0 Å². The van der Waals surface area contributed by atoms with Gasteiger partial charge in [0.05, 0.1) is 0 Å². The second-order valence-corrected chi connectivity index (χ2v) is 10.4. The molecule has 0 heterocycles. The van der Waals surface area contributed by atoms with E-state index >= 15 is 0 Å².